The van der Waals surface area contributed by atoms with Gasteiger partial charge in [0, 0.05) is 12.0 Å². The van der Waals surface area contributed by atoms with E-state index in [4.69, 9.17) is 0 Å². The quantitative estimate of drug-likeness (QED) is 0.0237. The average Bonchev–Trinajstić information content (AvgIpc) is 0.727. The Labute approximate surface area is 482 Å². The number of benzene rings is 5. The standard InChI is InChI=1S/C32H12BF24.C27H41N2O/c34-25(35,36)13-1-14(26(37,38)39)6-21(5-13)33(22-7-15(27(40,41)42)2-16(8-22)28(43,44)45,23-9-17(29(46,47)48)3-18(10-23)30(49,50)51)24-11-19(31(52,53)54)4-20(12-24)32(55,56)57;1-2-3-4-5-6-7-8-9-10-11-12-13-17-20-27(30)26-23-28-21-22-29(26)24-25-18-15-14-16-19-25/h1-12H;14-16,18-19,21-23H,2-13,17,20,24H2,1H3/q-1;+1. The molecule has 0 atom stereocenters. The van der Waals surface area contributed by atoms with Crippen LogP contribution in [0.1, 0.15) is 157 Å². The second-order valence-electron chi connectivity index (χ2n) is 20.7. The van der Waals surface area contributed by atoms with Crippen molar-refractivity contribution in [2.24, 2.45) is 0 Å². The number of aromatic nitrogens is 2. The minimum absolute atomic E-state index is 0.210. The molecule has 476 valence electrons. The number of Topliss-reactive ketones (excluding diaryl/α,β-unsaturated/α-hetero) is 1. The number of nitrogens with zero attached hydrogens (tertiary/aromatic N) is 2. The van der Waals surface area contributed by atoms with Crippen molar-refractivity contribution >= 4 is 33.8 Å². The first-order valence-corrected chi connectivity index (χ1v) is 26.8. The lowest BCUT2D eigenvalue weighted by Crippen LogP contribution is -2.75. The molecule has 1 aromatic heterocycles. The highest BCUT2D eigenvalue weighted by molar-refractivity contribution is 7.20. The monoisotopic (exact) mass is 1270 g/mol. The van der Waals surface area contributed by atoms with Crippen LogP contribution >= 0.6 is 0 Å². The Morgan fingerprint density at radius 3 is 0.908 bits per heavy atom. The van der Waals surface area contributed by atoms with Crippen LogP contribution in [0.25, 0.3) is 0 Å². The van der Waals surface area contributed by atoms with Crippen molar-refractivity contribution in [1.29, 1.82) is 0 Å². The van der Waals surface area contributed by atoms with Crippen LogP contribution in [0.15, 0.2) is 122 Å². The SMILES string of the molecule is CCCCCCCCCCCCCCCC(=O)c1cncc[n+]1Cc1ccccc1.FC(F)(F)c1cc([B-](c2cc(C(F)(F)F)cc(C(F)(F)F)c2)(c2cc(C(F)(F)F)cc(C(F)(F)F)c2)c2cc(C(F)(F)F)cc(C(F)(F)F)c2)cc(C(F)(F)F)c1. The topological polar surface area (TPSA) is 33.8 Å². The van der Waals surface area contributed by atoms with Gasteiger partial charge in [-0.05, 0) is 30.7 Å². The van der Waals surface area contributed by atoms with E-state index in [0.29, 0.717) is 13.0 Å². The lowest BCUT2D eigenvalue weighted by molar-refractivity contribution is -0.690. The summed E-state index contributed by atoms with van der Waals surface area (Å²) in [6.07, 6.45) is -31.6. The van der Waals surface area contributed by atoms with Gasteiger partial charge >= 0.3 is 49.4 Å². The van der Waals surface area contributed by atoms with Crippen molar-refractivity contribution in [1.82, 2.24) is 4.98 Å². The first-order valence-electron chi connectivity index (χ1n) is 26.8. The van der Waals surface area contributed by atoms with Gasteiger partial charge in [-0.25, -0.2) is 0 Å². The number of halogens is 24. The lowest BCUT2D eigenvalue weighted by atomic mass is 9.12. The molecule has 6 rings (SSSR count). The first-order chi connectivity index (χ1) is 40.1. The van der Waals surface area contributed by atoms with Gasteiger partial charge in [-0.1, -0.05) is 163 Å². The number of ketones is 1. The molecule has 0 unspecified atom stereocenters. The number of hydrogen-bond donors (Lipinski definition) is 0. The molecule has 1 heterocycles. The smallest absolute Gasteiger partial charge is 0.287 e. The van der Waals surface area contributed by atoms with Gasteiger partial charge in [0.2, 0.25) is 5.78 Å². The molecule has 0 radical (unpaired) electrons. The third kappa shape index (κ3) is 19.6. The van der Waals surface area contributed by atoms with Crippen molar-refractivity contribution in [2.75, 3.05) is 0 Å². The summed E-state index contributed by atoms with van der Waals surface area (Å²) in [5, 5.41) is 0. The van der Waals surface area contributed by atoms with Crippen LogP contribution < -0.4 is 26.4 Å². The Morgan fingerprint density at radius 2 is 0.644 bits per heavy atom. The Morgan fingerprint density at radius 1 is 0.379 bits per heavy atom. The summed E-state index contributed by atoms with van der Waals surface area (Å²) in [4.78, 5) is 16.9. The zero-order valence-corrected chi connectivity index (χ0v) is 45.6. The minimum Gasteiger partial charge on any atom is -0.287 e. The molecule has 0 bridgehead atoms. The van der Waals surface area contributed by atoms with Crippen molar-refractivity contribution in [2.45, 2.75) is 153 Å². The summed E-state index contributed by atoms with van der Waals surface area (Å²) in [6, 6.07) is 1.46. The van der Waals surface area contributed by atoms with Crippen molar-refractivity contribution in [3.8, 4) is 0 Å². The number of unbranched alkanes of at least 4 members (excludes halogenated alkanes) is 12. The predicted octanol–water partition coefficient (Wildman–Crippen LogP) is 18.3. The Bertz CT molecular complexity index is 2790. The zero-order valence-electron chi connectivity index (χ0n) is 45.6. The molecule has 0 saturated heterocycles. The van der Waals surface area contributed by atoms with Gasteiger partial charge < -0.3 is 0 Å². The van der Waals surface area contributed by atoms with Crippen molar-refractivity contribution in [3.63, 3.8) is 0 Å². The number of hydrogen-bond acceptors (Lipinski definition) is 2. The molecule has 28 heteroatoms. The molecule has 0 saturated carbocycles. The molecule has 0 aliphatic heterocycles. The van der Waals surface area contributed by atoms with E-state index in [1.807, 2.05) is 29.0 Å². The molecule has 0 spiro atoms. The maximum atomic E-state index is 14.2. The summed E-state index contributed by atoms with van der Waals surface area (Å²) in [5.74, 6) is 0.210. The molecular formula is C59H53BF24N2O. The van der Waals surface area contributed by atoms with Gasteiger partial charge in [0.15, 0.2) is 12.7 Å². The van der Waals surface area contributed by atoms with Crippen molar-refractivity contribution < 1.29 is 115 Å². The van der Waals surface area contributed by atoms with E-state index < -0.39 is 195 Å². The van der Waals surface area contributed by atoms with E-state index in [-0.39, 0.29) is 5.78 Å². The molecule has 5 aromatic carbocycles. The highest BCUT2D eigenvalue weighted by atomic mass is 19.4. The number of carbonyl (C=O) groups is 1. The summed E-state index contributed by atoms with van der Waals surface area (Å²) in [5.41, 5.74) is -28.3. The van der Waals surface area contributed by atoms with Gasteiger partial charge in [0.05, 0.1) is 50.7 Å². The van der Waals surface area contributed by atoms with Crippen molar-refractivity contribution in [3.05, 3.63) is 177 Å². The summed E-state index contributed by atoms with van der Waals surface area (Å²) in [6.45, 7) is 2.99. The third-order valence-corrected chi connectivity index (χ3v) is 14.3. The fourth-order valence-electron chi connectivity index (χ4n) is 10.0. The highest BCUT2D eigenvalue weighted by Gasteiger charge is 2.47. The predicted molar refractivity (Wildman–Crippen MR) is 275 cm³/mol. The average molecular weight is 1270 g/mol. The van der Waals surface area contributed by atoms with Crippen LogP contribution in [0.4, 0.5) is 105 Å². The van der Waals surface area contributed by atoms with E-state index in [1.165, 1.54) is 76.2 Å². The second kappa shape index (κ2) is 28.2. The molecule has 0 fully saturated rings. The fourth-order valence-corrected chi connectivity index (χ4v) is 10.0. The summed E-state index contributed by atoms with van der Waals surface area (Å²) < 4.78 is 343. The largest absolute Gasteiger partial charge is 0.416 e. The lowest BCUT2D eigenvalue weighted by Gasteiger charge is -2.46. The fraction of sp³-hybridized carbons (Fsp3) is 0.407. The van der Waals surface area contributed by atoms with Crippen LogP contribution in [-0.2, 0) is 56.0 Å². The van der Waals surface area contributed by atoms with Gasteiger partial charge in [-0.2, -0.15) is 132 Å². The minimum atomic E-state index is -6.13. The molecule has 3 nitrogen and oxygen atoms in total. The molecule has 0 aliphatic rings. The maximum absolute atomic E-state index is 14.2. The number of alkyl halides is 24. The van der Waals surface area contributed by atoms with Crippen LogP contribution in [0.5, 0.6) is 0 Å². The number of carbonyl (C=O) groups excluding carboxylic acids is 1. The molecule has 0 N–H and O–H groups in total. The normalized spacial score (nSPS) is 13.2. The summed E-state index contributed by atoms with van der Waals surface area (Å²) in [7, 11) is 0. The van der Waals surface area contributed by atoms with Gasteiger partial charge in [0.1, 0.15) is 12.3 Å². The van der Waals surface area contributed by atoms with E-state index in [2.05, 4.69) is 24.0 Å². The zero-order chi connectivity index (χ0) is 65.2. The summed E-state index contributed by atoms with van der Waals surface area (Å²) >= 11 is 0. The molecule has 6 aromatic rings. The van der Waals surface area contributed by atoms with E-state index in [1.54, 1.807) is 12.4 Å². The van der Waals surface area contributed by atoms with E-state index in [9.17, 15) is 110 Å². The molecule has 0 amide bonds. The molecule has 0 aliphatic carbocycles. The van der Waals surface area contributed by atoms with Crippen LogP contribution in [0, 0.1) is 0 Å². The van der Waals surface area contributed by atoms with Crippen LogP contribution in [0.2, 0.25) is 0 Å². The van der Waals surface area contributed by atoms with E-state index in [0.717, 1.165) is 18.5 Å². The second-order valence-corrected chi connectivity index (χ2v) is 20.7. The van der Waals surface area contributed by atoms with Crippen LogP contribution in [-0.4, -0.2) is 16.9 Å². The van der Waals surface area contributed by atoms with Gasteiger partial charge in [-0.15, -0.1) is 0 Å². The highest BCUT2D eigenvalue weighted by Crippen LogP contribution is 2.41. The van der Waals surface area contributed by atoms with Gasteiger partial charge in [-0.3, -0.25) is 9.78 Å². The van der Waals surface area contributed by atoms with E-state index >= 15 is 0 Å². The molecule has 87 heavy (non-hydrogen) atoms. The maximum Gasteiger partial charge on any atom is 0.416 e. The van der Waals surface area contributed by atoms with Gasteiger partial charge in [0.25, 0.3) is 5.69 Å². The third-order valence-electron chi connectivity index (χ3n) is 14.3. The Kier molecular flexibility index (Phi) is 23.0. The first kappa shape index (κ1) is 71.0. The molecular weight excluding hydrogens is 1220 g/mol. The van der Waals surface area contributed by atoms with Crippen LogP contribution in [0.3, 0.4) is 0 Å². The Hall–Kier alpha value is -6.77. The number of rotatable bonds is 21. The Balaban J connectivity index is 0.000000386.